The molecule has 5 heterocycles. The molecule has 1 saturated heterocycles. The summed E-state index contributed by atoms with van der Waals surface area (Å²) >= 11 is 7.84. The molecule has 4 aromatic heterocycles. The zero-order chi connectivity index (χ0) is 91.0. The number of aldehydes is 3. The first-order valence-electron chi connectivity index (χ1n) is 43.1. The van der Waals surface area contributed by atoms with E-state index in [4.69, 9.17) is 38.6 Å². The van der Waals surface area contributed by atoms with Gasteiger partial charge in [-0.05, 0) is 156 Å². The van der Waals surface area contributed by atoms with Gasteiger partial charge >= 0.3 is 239 Å². The number of benzene rings is 7. The predicted octanol–water partition coefficient (Wildman–Crippen LogP) is 25.6. The molecule has 12 rings (SSSR count). The SMILES string of the molecule is CC1(C)OB(c2ccc(C#N)nc2)OC1(C)C.C[Si](C)(C)O[Si](C)(C)CCCCCCCCCc1ccc(-c2ccc(C#N)nc2)cc1.C[Si](C)(C)O[Si](C)(C)CCCCCCCCP(Br)(c1ccccc1)(c1ccccc1)c1ccccc1.N#Cc1ccc(-c2ccc(C=O)cc2)cn1.N#Cc1ccc(-c2ccc(C=O)cc2)cn1.O=Cc1ccc(Br)cc1. The molecule has 0 spiro atoms. The standard InChI is InChI=1S/C31H46BrOPSi2.C26H40N2OSi2.2C13H8N2O.C12H15BN2O2.C7H5BrO/c1-35(2,3)33-36(4,5)28-20-9-7-6-8-19-27-34(32,29-21-13-10-14-22-29,30-23-15-11-16-24-30)31-25-17-12-18-26-31;1-30(2,3)29-31(4,5)20-12-10-8-6-7-9-11-13-23-14-16-24(17-15-23)25-18-19-26(21-27)28-22-25;2*14-7-13-6-5-12(8-15-13)11-3-1-10(9-16)2-4-11;1-11(2)12(3,4)17-13(16-11)9-5-6-10(7-14)15-8-9;8-7-3-1-6(5-9)2-4-7/h10-18,21-26H,6-9,19-20,27-28H2,1-5H3;14-19,22H,6-13,20H2,1-5H3;2*1-6,8-9H;5-6,8H,1-4H3;1-5H. The summed E-state index contributed by atoms with van der Waals surface area (Å²) in [5.74, 6) is 0. The van der Waals surface area contributed by atoms with Crippen molar-refractivity contribution in [3.05, 3.63) is 311 Å². The largest absolute Gasteiger partial charge is 0.298 e. The van der Waals surface area contributed by atoms with Gasteiger partial charge in [0, 0.05) is 68.1 Å². The van der Waals surface area contributed by atoms with Gasteiger partial charge in [0.05, 0.1) is 11.2 Å². The fraction of sp³-hybridized carbons (Fsp3) is 0.324. The first-order valence-corrected chi connectivity index (χ1v) is 61.4. The molecule has 0 saturated carbocycles. The number of hydrogen-bond acceptors (Lipinski definition) is 15. The van der Waals surface area contributed by atoms with Crippen molar-refractivity contribution in [1.82, 2.24) is 19.9 Å². The van der Waals surface area contributed by atoms with Crippen LogP contribution in [0.5, 0.6) is 0 Å². The molecule has 0 bridgehead atoms. The number of carbonyl (C=O) groups is 3. The minimum atomic E-state index is -2.76. The molecule has 1 fully saturated rings. The second kappa shape index (κ2) is 50.0. The van der Waals surface area contributed by atoms with Crippen molar-refractivity contribution in [2.45, 2.75) is 206 Å². The van der Waals surface area contributed by atoms with Gasteiger partial charge < -0.3 is 13.4 Å². The first-order chi connectivity index (χ1) is 59.6. The number of unbranched alkanes of at least 4 members (excludes halogenated alkanes) is 11. The number of nitriles is 4. The third kappa shape index (κ3) is 33.9. The number of hydrogen-bond donors (Lipinski definition) is 0. The Labute approximate surface area is 765 Å². The van der Waals surface area contributed by atoms with E-state index >= 15 is 0 Å². The number of aryl methyl sites for hydroxylation is 1. The van der Waals surface area contributed by atoms with Crippen LogP contribution in [0.3, 0.4) is 0 Å². The van der Waals surface area contributed by atoms with Crippen LogP contribution in [0.15, 0.2) is 266 Å². The maximum absolute atomic E-state index is 10.5. The minimum absolute atomic E-state index is 0.356. The molecule has 0 aliphatic carbocycles. The summed E-state index contributed by atoms with van der Waals surface area (Å²) in [6, 6.07) is 88.8. The molecule has 15 nitrogen and oxygen atoms in total. The molecule has 7 aromatic carbocycles. The molecule has 23 heteroatoms. The van der Waals surface area contributed by atoms with E-state index in [1.165, 1.54) is 117 Å². The summed E-state index contributed by atoms with van der Waals surface area (Å²) < 4.78 is 25.7. The van der Waals surface area contributed by atoms with Gasteiger partial charge in [-0.1, -0.05) is 145 Å². The van der Waals surface area contributed by atoms with Crippen molar-refractivity contribution in [2.24, 2.45) is 0 Å². The fourth-order valence-corrected chi connectivity index (χ4v) is 38.9. The van der Waals surface area contributed by atoms with Gasteiger partial charge in [0.2, 0.25) is 0 Å². The Kier molecular flexibility index (Phi) is 40.9. The van der Waals surface area contributed by atoms with Crippen LogP contribution in [-0.2, 0) is 24.0 Å². The molecule has 0 N–H and O–H groups in total. The van der Waals surface area contributed by atoms with Gasteiger partial charge in [-0.15, -0.1) is 0 Å². The number of rotatable bonds is 33. The van der Waals surface area contributed by atoms with Gasteiger partial charge in [-0.2, -0.15) is 21.0 Å². The maximum Gasteiger partial charge on any atom is 0.150 e. The predicted molar refractivity (Wildman–Crippen MR) is 534 cm³/mol. The van der Waals surface area contributed by atoms with Crippen molar-refractivity contribution in [1.29, 1.82) is 21.0 Å². The molecular formula is C102H122BBr2N8O7PSi4. The zero-order valence-electron chi connectivity index (χ0n) is 75.3. The van der Waals surface area contributed by atoms with E-state index in [9.17, 15) is 14.4 Å². The van der Waals surface area contributed by atoms with E-state index in [-0.39, 0.29) is 11.2 Å². The van der Waals surface area contributed by atoms with Crippen LogP contribution < -0.4 is 21.4 Å². The van der Waals surface area contributed by atoms with E-state index < -0.39 is 45.7 Å². The van der Waals surface area contributed by atoms with E-state index in [0.717, 1.165) is 74.8 Å². The summed E-state index contributed by atoms with van der Waals surface area (Å²) in [5.41, 5.74) is 11.2. The van der Waals surface area contributed by atoms with Crippen LogP contribution in [0.25, 0.3) is 33.4 Å². The fourth-order valence-electron chi connectivity index (χ4n) is 14.6. The third-order valence-corrected chi connectivity index (χ3v) is 44.5. The van der Waals surface area contributed by atoms with Crippen LogP contribution in [0, 0.1) is 45.3 Å². The summed E-state index contributed by atoms with van der Waals surface area (Å²) in [5, 5.41) is 36.3. The van der Waals surface area contributed by atoms with E-state index in [2.05, 4.69) is 238 Å². The minimum Gasteiger partial charge on any atom is -0.298 e. The molecule has 0 unspecified atom stereocenters. The van der Waals surface area contributed by atoms with Gasteiger partial charge in [-0.3, -0.25) is 14.4 Å². The molecule has 0 amide bonds. The number of halogens is 2. The topological polar surface area (TPSA) is 235 Å². The molecule has 11 aromatic rings. The monoisotopic (exact) mass is 1880 g/mol. The van der Waals surface area contributed by atoms with Gasteiger partial charge in [0.15, 0.2) is 16.6 Å². The Morgan fingerprint density at radius 1 is 0.368 bits per heavy atom. The van der Waals surface area contributed by atoms with Crippen LogP contribution in [0.1, 0.15) is 171 Å². The van der Waals surface area contributed by atoms with E-state index in [1.54, 1.807) is 85.5 Å². The number of pyridine rings is 4. The summed E-state index contributed by atoms with van der Waals surface area (Å²) in [6.45, 7) is 31.5. The third-order valence-electron chi connectivity index (χ3n) is 21.5. The van der Waals surface area contributed by atoms with Crippen LogP contribution in [0.4, 0.5) is 0 Å². The normalized spacial score (nSPS) is 12.9. The summed E-state index contributed by atoms with van der Waals surface area (Å²) in [4.78, 5) is 47.2. The zero-order valence-corrected chi connectivity index (χ0v) is 83.4. The van der Waals surface area contributed by atoms with Crippen LogP contribution in [-0.4, -0.2) is 96.5 Å². The molecule has 1 aliphatic heterocycles. The summed E-state index contributed by atoms with van der Waals surface area (Å²) in [7, 11) is -6.17. The Balaban J connectivity index is 0.000000217. The average Bonchev–Trinajstić information content (AvgIpc) is 0.995. The Morgan fingerprint density at radius 2 is 0.656 bits per heavy atom. The van der Waals surface area contributed by atoms with Gasteiger partial charge in [0.1, 0.15) is 65.9 Å². The smallest absolute Gasteiger partial charge is 0.150 e. The molecule has 125 heavy (non-hydrogen) atoms. The van der Waals surface area contributed by atoms with E-state index in [0.29, 0.717) is 39.5 Å². The first kappa shape index (κ1) is 102. The molecule has 650 valence electrons. The molecular weight excluding hydrogens is 1760 g/mol. The Bertz CT molecular complexity index is 5070. The molecule has 1 aliphatic rings. The van der Waals surface area contributed by atoms with Crippen LogP contribution in [0.2, 0.25) is 77.6 Å². The molecule has 0 atom stereocenters. The number of carbonyl (C=O) groups excluding carboxylic acids is 3. The van der Waals surface area contributed by atoms with Gasteiger partial charge in [-0.25, -0.2) is 19.9 Å². The maximum atomic E-state index is 10.5. The van der Waals surface area contributed by atoms with Crippen molar-refractivity contribution in [3.63, 3.8) is 0 Å². The average molecular weight is 1890 g/mol. The summed E-state index contributed by atoms with van der Waals surface area (Å²) in [6.07, 6.45) is 28.6. The number of nitrogens with zero attached hydrogens (tertiary/aromatic N) is 8. The Morgan fingerprint density at radius 3 is 0.952 bits per heavy atom. The second-order valence-electron chi connectivity index (χ2n) is 35.4. The molecule has 0 radical (unpaired) electrons. The van der Waals surface area contributed by atoms with E-state index in [1.807, 2.05) is 107 Å². The quantitative estimate of drug-likeness (QED) is 0.0161. The van der Waals surface area contributed by atoms with Gasteiger partial charge in [0.25, 0.3) is 0 Å². The van der Waals surface area contributed by atoms with Crippen LogP contribution >= 0.6 is 36.7 Å². The van der Waals surface area contributed by atoms with Crippen molar-refractivity contribution < 1.29 is 31.9 Å². The number of aromatic nitrogens is 4. The Hall–Kier alpha value is -9.73. The van der Waals surface area contributed by atoms with Crippen molar-refractivity contribution >= 4 is 117 Å². The van der Waals surface area contributed by atoms with Crippen molar-refractivity contribution in [3.8, 4) is 57.7 Å². The second-order valence-corrected chi connectivity index (χ2v) is 63.5. The van der Waals surface area contributed by atoms with Crippen molar-refractivity contribution in [2.75, 3.05) is 6.16 Å².